The molecule has 1 unspecified atom stereocenters. The van der Waals surface area contributed by atoms with Crippen molar-refractivity contribution in [1.82, 2.24) is 10.2 Å². The summed E-state index contributed by atoms with van der Waals surface area (Å²) < 4.78 is 5.66. The molecule has 0 aliphatic rings. The Morgan fingerprint density at radius 3 is 2.37 bits per heavy atom. The fraction of sp³-hybridized carbons (Fsp3) is 0.923. The molecule has 0 aromatic heterocycles. The van der Waals surface area contributed by atoms with Crippen molar-refractivity contribution in [2.45, 2.75) is 45.8 Å². The molecule has 19 heavy (non-hydrogen) atoms. The van der Waals surface area contributed by atoms with Crippen LogP contribution in [0.2, 0.25) is 0 Å². The van der Waals surface area contributed by atoms with Crippen molar-refractivity contribution in [3.63, 3.8) is 0 Å². The molecular weight excluding hydrogens is 355 g/mol. The van der Waals surface area contributed by atoms with E-state index in [1.165, 1.54) is 0 Å². The van der Waals surface area contributed by atoms with Gasteiger partial charge in [-0.15, -0.1) is 24.0 Å². The van der Waals surface area contributed by atoms with E-state index in [0.717, 1.165) is 13.0 Å². The van der Waals surface area contributed by atoms with E-state index in [1.807, 2.05) is 6.92 Å². The van der Waals surface area contributed by atoms with Gasteiger partial charge in [-0.05, 0) is 48.2 Å². The lowest BCUT2D eigenvalue weighted by atomic mass is 10.1. The number of nitrogens with two attached hydrogens (primary N) is 1. The maximum Gasteiger partial charge on any atom is 0.189 e. The van der Waals surface area contributed by atoms with Gasteiger partial charge < -0.3 is 20.7 Å². The molecule has 116 valence electrons. The first-order valence-corrected chi connectivity index (χ1v) is 6.59. The van der Waals surface area contributed by atoms with Crippen LogP contribution in [0.1, 0.15) is 34.1 Å². The first-order valence-electron chi connectivity index (χ1n) is 6.59. The van der Waals surface area contributed by atoms with Gasteiger partial charge in [-0.2, -0.15) is 0 Å². The zero-order valence-corrected chi connectivity index (χ0v) is 15.5. The third-order valence-corrected chi connectivity index (χ3v) is 2.27. The minimum Gasteiger partial charge on any atom is -0.377 e. The number of hydrogen-bond acceptors (Lipinski definition) is 3. The second kappa shape index (κ2) is 10.7. The van der Waals surface area contributed by atoms with Crippen LogP contribution in [0.5, 0.6) is 0 Å². The van der Waals surface area contributed by atoms with E-state index in [4.69, 9.17) is 10.5 Å². The molecule has 6 heteroatoms. The number of halogens is 1. The van der Waals surface area contributed by atoms with Crippen molar-refractivity contribution in [3.05, 3.63) is 0 Å². The van der Waals surface area contributed by atoms with Crippen LogP contribution < -0.4 is 11.1 Å². The number of hydrogen-bond donors (Lipinski definition) is 2. The Balaban J connectivity index is 0. The van der Waals surface area contributed by atoms with Gasteiger partial charge in [-0.3, -0.25) is 4.99 Å². The molecule has 0 aromatic rings. The smallest absolute Gasteiger partial charge is 0.189 e. The fourth-order valence-electron chi connectivity index (χ4n) is 1.49. The number of aliphatic imine (C=N–C) groups is 1. The van der Waals surface area contributed by atoms with Gasteiger partial charge >= 0.3 is 0 Å². The van der Waals surface area contributed by atoms with Gasteiger partial charge in [-0.25, -0.2) is 0 Å². The molecule has 0 saturated carbocycles. The van der Waals surface area contributed by atoms with Gasteiger partial charge in [0, 0.05) is 18.7 Å². The van der Waals surface area contributed by atoms with Gasteiger partial charge in [0.25, 0.3) is 0 Å². The predicted molar refractivity (Wildman–Crippen MR) is 93.4 cm³/mol. The summed E-state index contributed by atoms with van der Waals surface area (Å²) in [6.45, 7) is 10.5. The molecule has 0 heterocycles. The van der Waals surface area contributed by atoms with Crippen LogP contribution >= 0.6 is 24.0 Å². The fourth-order valence-corrected chi connectivity index (χ4v) is 1.49. The molecule has 0 amide bonds. The Labute approximate surface area is 135 Å². The molecule has 0 saturated heterocycles. The van der Waals surface area contributed by atoms with Crippen molar-refractivity contribution in [3.8, 4) is 0 Å². The normalized spacial score (nSPS) is 14.2. The first kappa shape index (κ1) is 21.2. The van der Waals surface area contributed by atoms with E-state index >= 15 is 0 Å². The molecule has 0 aliphatic heterocycles. The molecule has 0 fully saturated rings. The summed E-state index contributed by atoms with van der Waals surface area (Å²) in [6, 6.07) is 0. The quantitative estimate of drug-likeness (QED) is 0.397. The summed E-state index contributed by atoms with van der Waals surface area (Å²) in [7, 11) is 4.11. The maximum absolute atomic E-state index is 5.83. The molecule has 3 N–H and O–H groups in total. The summed E-state index contributed by atoms with van der Waals surface area (Å²) in [4.78, 5) is 6.49. The van der Waals surface area contributed by atoms with Crippen LogP contribution in [0, 0.1) is 0 Å². The Morgan fingerprint density at radius 1 is 1.37 bits per heavy atom. The van der Waals surface area contributed by atoms with Gasteiger partial charge in [0.05, 0.1) is 12.6 Å². The number of rotatable bonds is 7. The summed E-state index contributed by atoms with van der Waals surface area (Å²) >= 11 is 0. The van der Waals surface area contributed by atoms with E-state index in [-0.39, 0.29) is 35.6 Å². The highest BCUT2D eigenvalue weighted by Crippen LogP contribution is 2.01. The Kier molecular flexibility index (Phi) is 11.9. The highest BCUT2D eigenvalue weighted by atomic mass is 127. The van der Waals surface area contributed by atoms with Crippen molar-refractivity contribution >= 4 is 29.9 Å². The molecule has 0 aliphatic carbocycles. The van der Waals surface area contributed by atoms with E-state index < -0.39 is 0 Å². The van der Waals surface area contributed by atoms with Crippen molar-refractivity contribution in [2.24, 2.45) is 10.7 Å². The van der Waals surface area contributed by atoms with Crippen LogP contribution in [0.3, 0.4) is 0 Å². The number of ether oxygens (including phenoxy) is 1. The van der Waals surface area contributed by atoms with E-state index in [1.54, 1.807) is 0 Å². The average Bonchev–Trinajstić information content (AvgIpc) is 2.19. The summed E-state index contributed by atoms with van der Waals surface area (Å²) in [5.74, 6) is 0.483. The zero-order valence-electron chi connectivity index (χ0n) is 13.2. The lowest BCUT2D eigenvalue weighted by Gasteiger charge is -2.22. The Morgan fingerprint density at radius 2 is 1.95 bits per heavy atom. The highest BCUT2D eigenvalue weighted by molar-refractivity contribution is 14.0. The van der Waals surface area contributed by atoms with Crippen molar-refractivity contribution < 1.29 is 4.74 Å². The molecule has 0 aromatic carbocycles. The minimum absolute atomic E-state index is 0. The van der Waals surface area contributed by atoms with Crippen molar-refractivity contribution in [2.75, 3.05) is 33.8 Å². The number of nitrogens with one attached hydrogen (secondary N) is 1. The maximum atomic E-state index is 5.83. The first-order chi connectivity index (χ1) is 8.24. The van der Waals surface area contributed by atoms with E-state index in [2.05, 4.69) is 50.1 Å². The van der Waals surface area contributed by atoms with Crippen LogP contribution in [0.15, 0.2) is 4.99 Å². The standard InChI is InChI=1S/C13H30N4O.HI/c1-7-18-11(8-9-17(5)6)10-15-12(14)16-13(2,3)4;/h11H,7-10H2,1-6H3,(H3,14,15,16);1H. The van der Waals surface area contributed by atoms with Gasteiger partial charge in [0.15, 0.2) is 5.96 Å². The average molecular weight is 386 g/mol. The zero-order chi connectivity index (χ0) is 14.2. The monoisotopic (exact) mass is 386 g/mol. The minimum atomic E-state index is -0.0572. The summed E-state index contributed by atoms with van der Waals surface area (Å²) in [6.07, 6.45) is 1.10. The second-order valence-corrected chi connectivity index (χ2v) is 5.77. The third-order valence-electron chi connectivity index (χ3n) is 2.27. The van der Waals surface area contributed by atoms with E-state index in [0.29, 0.717) is 19.1 Å². The molecule has 0 spiro atoms. The topological polar surface area (TPSA) is 62.9 Å². The molecular formula is C13H31IN4O. The van der Waals surface area contributed by atoms with Crippen LogP contribution in [0.25, 0.3) is 0 Å². The lowest BCUT2D eigenvalue weighted by Crippen LogP contribution is -2.45. The molecule has 1 atom stereocenters. The second-order valence-electron chi connectivity index (χ2n) is 5.77. The van der Waals surface area contributed by atoms with Gasteiger partial charge in [0.1, 0.15) is 0 Å². The van der Waals surface area contributed by atoms with Gasteiger partial charge in [0.2, 0.25) is 0 Å². The molecule has 0 rings (SSSR count). The Hall–Kier alpha value is -0.0800. The Bertz CT molecular complexity index is 252. The third kappa shape index (κ3) is 14.1. The summed E-state index contributed by atoms with van der Waals surface area (Å²) in [5, 5.41) is 3.14. The highest BCUT2D eigenvalue weighted by Gasteiger charge is 2.12. The summed E-state index contributed by atoms with van der Waals surface area (Å²) in [5.41, 5.74) is 5.78. The van der Waals surface area contributed by atoms with E-state index in [9.17, 15) is 0 Å². The lowest BCUT2D eigenvalue weighted by molar-refractivity contribution is 0.0582. The van der Waals surface area contributed by atoms with Crippen molar-refractivity contribution in [1.29, 1.82) is 0 Å². The van der Waals surface area contributed by atoms with Crippen LogP contribution in [0.4, 0.5) is 0 Å². The molecule has 5 nitrogen and oxygen atoms in total. The predicted octanol–water partition coefficient (Wildman–Crippen LogP) is 1.66. The number of guanidine groups is 1. The molecule has 0 radical (unpaired) electrons. The largest absolute Gasteiger partial charge is 0.377 e. The number of nitrogens with zero attached hydrogens (tertiary/aromatic N) is 2. The SMILES string of the molecule is CCOC(CCN(C)C)CN=C(N)NC(C)(C)C.I. The van der Waals surface area contributed by atoms with Gasteiger partial charge in [-0.1, -0.05) is 0 Å². The van der Waals surface area contributed by atoms with Crippen LogP contribution in [-0.4, -0.2) is 56.3 Å². The molecule has 0 bridgehead atoms. The van der Waals surface area contributed by atoms with Crippen LogP contribution in [-0.2, 0) is 4.74 Å².